The minimum Gasteiger partial charge on any atom is -0.495 e. The van der Waals surface area contributed by atoms with Crippen LogP contribution in [0.5, 0.6) is 5.75 Å². The Labute approximate surface area is 180 Å². The van der Waals surface area contributed by atoms with Gasteiger partial charge in [-0.2, -0.15) is 0 Å². The van der Waals surface area contributed by atoms with Gasteiger partial charge in [-0.15, -0.1) is 0 Å². The molecule has 0 atom stereocenters. The van der Waals surface area contributed by atoms with Crippen molar-refractivity contribution in [1.29, 1.82) is 0 Å². The van der Waals surface area contributed by atoms with E-state index in [1.165, 1.54) is 48.2 Å². The Morgan fingerprint density at radius 3 is 2.61 bits per heavy atom. The number of imidazole rings is 1. The van der Waals surface area contributed by atoms with Gasteiger partial charge in [0.1, 0.15) is 11.6 Å². The van der Waals surface area contributed by atoms with Crippen molar-refractivity contribution in [3.8, 4) is 11.4 Å². The summed E-state index contributed by atoms with van der Waals surface area (Å²) in [6.45, 7) is 0. The lowest BCUT2D eigenvalue weighted by molar-refractivity contribution is -0.384. The number of hydrogen-bond acceptors (Lipinski definition) is 6. The average molecular weight is 437 g/mol. The fraction of sp³-hybridized carbons (Fsp3) is 0.0909. The van der Waals surface area contributed by atoms with Crippen molar-refractivity contribution in [3.05, 3.63) is 88.2 Å². The molecular formula is C22H16FN3O4S. The van der Waals surface area contributed by atoms with Crippen LogP contribution >= 0.6 is 11.8 Å². The molecule has 4 rings (SSSR count). The van der Waals surface area contributed by atoms with Gasteiger partial charge in [0.15, 0.2) is 10.9 Å². The number of rotatable bonds is 7. The van der Waals surface area contributed by atoms with Crippen LogP contribution in [-0.4, -0.2) is 33.1 Å². The molecule has 1 aromatic heterocycles. The number of methoxy groups -OCH3 is 1. The van der Waals surface area contributed by atoms with Crippen molar-refractivity contribution < 1.29 is 18.8 Å². The van der Waals surface area contributed by atoms with E-state index in [1.807, 2.05) is 18.2 Å². The Hall–Kier alpha value is -3.72. The summed E-state index contributed by atoms with van der Waals surface area (Å²) in [5.41, 5.74) is 2.09. The van der Waals surface area contributed by atoms with Gasteiger partial charge < -0.3 is 4.74 Å². The zero-order valence-corrected chi connectivity index (χ0v) is 17.1. The molecule has 0 saturated heterocycles. The van der Waals surface area contributed by atoms with Crippen molar-refractivity contribution in [2.75, 3.05) is 12.9 Å². The first-order valence-electron chi connectivity index (χ1n) is 9.20. The summed E-state index contributed by atoms with van der Waals surface area (Å²) in [5.74, 6) is 0.0527. The number of nitro groups is 1. The average Bonchev–Trinajstić information content (AvgIpc) is 3.15. The number of nitrogens with zero attached hydrogens (tertiary/aromatic N) is 3. The maximum absolute atomic E-state index is 13.1. The smallest absolute Gasteiger partial charge is 0.271 e. The van der Waals surface area contributed by atoms with Gasteiger partial charge in [-0.1, -0.05) is 23.9 Å². The number of para-hydroxylation sites is 2. The number of fused-ring (bicyclic) bond motifs is 1. The highest BCUT2D eigenvalue weighted by atomic mass is 32.2. The molecule has 0 aliphatic heterocycles. The summed E-state index contributed by atoms with van der Waals surface area (Å²) in [5, 5.41) is 11.7. The number of halogens is 1. The van der Waals surface area contributed by atoms with E-state index in [-0.39, 0.29) is 17.2 Å². The molecule has 9 heteroatoms. The fourth-order valence-corrected chi connectivity index (χ4v) is 4.07. The number of hydrogen-bond donors (Lipinski definition) is 0. The topological polar surface area (TPSA) is 87.3 Å². The number of carbonyl (C=O) groups excluding carboxylic acids is 1. The molecule has 1 heterocycles. The number of Topliss-reactive ketones (excluding diaryl/α,β-unsaturated/α-hetero) is 1. The zero-order chi connectivity index (χ0) is 22.0. The predicted octanol–water partition coefficient (Wildman–Crippen LogP) is 5.06. The number of thioether (sulfide) groups is 1. The molecule has 0 radical (unpaired) electrons. The van der Waals surface area contributed by atoms with Crippen LogP contribution in [0.25, 0.3) is 16.7 Å². The molecule has 0 saturated carbocycles. The van der Waals surface area contributed by atoms with Crippen LogP contribution in [0.15, 0.2) is 71.9 Å². The number of non-ortho nitro benzene ring substituents is 1. The van der Waals surface area contributed by atoms with Gasteiger partial charge in [-0.25, -0.2) is 9.37 Å². The molecule has 0 fully saturated rings. The first kappa shape index (κ1) is 20.5. The minimum atomic E-state index is -0.480. The van der Waals surface area contributed by atoms with Crippen LogP contribution < -0.4 is 4.74 Å². The summed E-state index contributed by atoms with van der Waals surface area (Å²) in [6.07, 6.45) is 0. The molecule has 0 aliphatic rings. The molecule has 31 heavy (non-hydrogen) atoms. The van der Waals surface area contributed by atoms with Gasteiger partial charge in [-0.3, -0.25) is 19.5 Å². The Bertz CT molecular complexity index is 1290. The van der Waals surface area contributed by atoms with Crippen LogP contribution in [0.2, 0.25) is 0 Å². The lowest BCUT2D eigenvalue weighted by atomic mass is 10.1. The molecule has 0 unspecified atom stereocenters. The lowest BCUT2D eigenvalue weighted by Crippen LogP contribution is -2.05. The summed E-state index contributed by atoms with van der Waals surface area (Å²) in [7, 11) is 1.55. The molecule has 4 aromatic rings. The summed E-state index contributed by atoms with van der Waals surface area (Å²) in [6, 6.07) is 17.1. The van der Waals surface area contributed by atoms with E-state index >= 15 is 0 Å². The second-order valence-corrected chi connectivity index (χ2v) is 7.49. The van der Waals surface area contributed by atoms with Gasteiger partial charge in [0.05, 0.1) is 34.5 Å². The molecule has 0 N–H and O–H groups in total. The summed E-state index contributed by atoms with van der Waals surface area (Å²) >= 11 is 1.19. The highest BCUT2D eigenvalue weighted by Gasteiger charge is 2.19. The van der Waals surface area contributed by atoms with E-state index in [0.717, 1.165) is 0 Å². The first-order chi connectivity index (χ1) is 15.0. The molecule has 0 spiro atoms. The molecule has 3 aromatic carbocycles. The third-order valence-corrected chi connectivity index (χ3v) is 5.58. The van der Waals surface area contributed by atoms with Crippen LogP contribution in [0.1, 0.15) is 10.4 Å². The van der Waals surface area contributed by atoms with Crippen LogP contribution in [-0.2, 0) is 0 Å². The van der Waals surface area contributed by atoms with E-state index in [4.69, 9.17) is 4.74 Å². The quantitative estimate of drug-likeness (QED) is 0.174. The second kappa shape index (κ2) is 8.57. The molecule has 0 aliphatic carbocycles. The normalized spacial score (nSPS) is 10.9. The van der Waals surface area contributed by atoms with Gasteiger partial charge >= 0.3 is 0 Å². The maximum Gasteiger partial charge on any atom is 0.271 e. The van der Waals surface area contributed by atoms with Gasteiger partial charge in [0.25, 0.3) is 5.69 Å². The molecule has 156 valence electrons. The van der Waals surface area contributed by atoms with Crippen LogP contribution in [0.3, 0.4) is 0 Å². The molecule has 0 amide bonds. The van der Waals surface area contributed by atoms with Crippen molar-refractivity contribution in [1.82, 2.24) is 9.55 Å². The standard InChI is InChI=1S/C22H16FN3O4S/c1-30-21-5-3-2-4-19(21)25-18-11-10-16(26(28)29)12-17(18)24-22(25)31-13-20(27)14-6-8-15(23)9-7-14/h2-12H,13H2,1H3. The molecule has 0 bridgehead atoms. The first-order valence-corrected chi connectivity index (χ1v) is 10.2. The number of ether oxygens (including phenoxy) is 1. The minimum absolute atomic E-state index is 0.0617. The number of benzene rings is 3. The Morgan fingerprint density at radius 1 is 1.16 bits per heavy atom. The third kappa shape index (κ3) is 4.13. The van der Waals surface area contributed by atoms with Crippen LogP contribution in [0.4, 0.5) is 10.1 Å². The SMILES string of the molecule is COc1ccccc1-n1c(SCC(=O)c2ccc(F)cc2)nc2cc([N+](=O)[O-])ccc21. The van der Waals surface area contributed by atoms with Gasteiger partial charge in [-0.05, 0) is 42.5 Å². The number of carbonyl (C=O) groups is 1. The molecular weight excluding hydrogens is 421 g/mol. The summed E-state index contributed by atoms with van der Waals surface area (Å²) in [4.78, 5) is 27.8. The van der Waals surface area contributed by atoms with Crippen LogP contribution in [0, 0.1) is 15.9 Å². The third-order valence-electron chi connectivity index (χ3n) is 4.64. The van der Waals surface area contributed by atoms with E-state index in [0.29, 0.717) is 33.2 Å². The number of ketones is 1. The Balaban J connectivity index is 1.76. The Morgan fingerprint density at radius 2 is 1.90 bits per heavy atom. The number of aromatic nitrogens is 2. The van der Waals surface area contributed by atoms with E-state index < -0.39 is 10.7 Å². The van der Waals surface area contributed by atoms with Crippen molar-refractivity contribution in [3.63, 3.8) is 0 Å². The number of nitro benzene ring substituents is 1. The highest BCUT2D eigenvalue weighted by Crippen LogP contribution is 2.34. The lowest BCUT2D eigenvalue weighted by Gasteiger charge is -2.12. The van der Waals surface area contributed by atoms with E-state index in [1.54, 1.807) is 23.8 Å². The largest absolute Gasteiger partial charge is 0.495 e. The summed E-state index contributed by atoms with van der Waals surface area (Å²) < 4.78 is 20.4. The maximum atomic E-state index is 13.1. The van der Waals surface area contributed by atoms with Crippen molar-refractivity contribution in [2.24, 2.45) is 0 Å². The second-order valence-electron chi connectivity index (χ2n) is 6.55. The fourth-order valence-electron chi connectivity index (χ4n) is 3.15. The highest BCUT2D eigenvalue weighted by molar-refractivity contribution is 7.99. The van der Waals surface area contributed by atoms with E-state index in [9.17, 15) is 19.3 Å². The monoisotopic (exact) mass is 437 g/mol. The van der Waals surface area contributed by atoms with Gasteiger partial charge in [0.2, 0.25) is 0 Å². The van der Waals surface area contributed by atoms with E-state index in [2.05, 4.69) is 4.98 Å². The van der Waals surface area contributed by atoms with Gasteiger partial charge in [0, 0.05) is 17.7 Å². The zero-order valence-electron chi connectivity index (χ0n) is 16.3. The Kier molecular flexibility index (Phi) is 5.68. The molecule has 7 nitrogen and oxygen atoms in total. The van der Waals surface area contributed by atoms with Crippen molar-refractivity contribution in [2.45, 2.75) is 5.16 Å². The predicted molar refractivity (Wildman–Crippen MR) is 116 cm³/mol. The van der Waals surface area contributed by atoms with Crippen molar-refractivity contribution >= 4 is 34.3 Å².